The second kappa shape index (κ2) is 3.40. The molecule has 0 spiro atoms. The van der Waals surface area contributed by atoms with Gasteiger partial charge in [0.2, 0.25) is 0 Å². The van der Waals surface area contributed by atoms with Gasteiger partial charge in [-0.3, -0.25) is 0 Å². The highest BCUT2D eigenvalue weighted by molar-refractivity contribution is 4.52. The van der Waals surface area contributed by atoms with Crippen molar-refractivity contribution in [2.75, 3.05) is 32.7 Å². The maximum atomic E-state index is 11.8. The summed E-state index contributed by atoms with van der Waals surface area (Å²) >= 11 is 0. The minimum Gasteiger partial charge on any atom is -0.325 e. The Balaban J connectivity index is 2.24. The van der Waals surface area contributed by atoms with E-state index in [1.54, 1.807) is 0 Å². The molecule has 66 valence electrons. The first-order valence-corrected chi connectivity index (χ1v) is 3.69. The Bertz CT molecular complexity index is 117. The van der Waals surface area contributed by atoms with E-state index in [1.807, 2.05) is 0 Å². The van der Waals surface area contributed by atoms with E-state index in [1.165, 1.54) is 0 Å². The number of piperazine rings is 1. The molecule has 0 saturated carbocycles. The van der Waals surface area contributed by atoms with Gasteiger partial charge < -0.3 is 10.2 Å². The Morgan fingerprint density at radius 1 is 1.18 bits per heavy atom. The van der Waals surface area contributed by atoms with Crippen LogP contribution in [0.1, 0.15) is 0 Å². The largest absolute Gasteiger partial charge is 0.438 e. The zero-order chi connectivity index (χ0) is 8.32. The van der Waals surface area contributed by atoms with Gasteiger partial charge in [-0.1, -0.05) is 0 Å². The zero-order valence-corrected chi connectivity index (χ0v) is 6.17. The molecule has 0 aromatic heterocycles. The van der Waals surface area contributed by atoms with Gasteiger partial charge in [-0.05, 0) is 0 Å². The average molecular weight is 169 g/mol. The lowest BCUT2D eigenvalue weighted by molar-refractivity contribution is -0.912. The molecule has 0 unspecified atom stereocenters. The standard InChI is InChI=1S/C6H11F3N2/c7-6(8,9)5-11-3-1-10-2-4-11/h10H,1-5H2/p+1. The van der Waals surface area contributed by atoms with Crippen LogP contribution in [0, 0.1) is 0 Å². The summed E-state index contributed by atoms with van der Waals surface area (Å²) in [6.45, 7) is 1.88. The SMILES string of the molecule is FC(F)(F)C[NH+]1CCNCC1. The third kappa shape index (κ3) is 3.57. The summed E-state index contributed by atoms with van der Waals surface area (Å²) in [7, 11) is 0. The molecule has 5 heteroatoms. The number of alkyl halides is 3. The van der Waals surface area contributed by atoms with Crippen LogP contribution in [0.3, 0.4) is 0 Å². The van der Waals surface area contributed by atoms with Crippen LogP contribution >= 0.6 is 0 Å². The summed E-state index contributed by atoms with van der Waals surface area (Å²) in [5, 5.41) is 3.01. The highest BCUT2D eigenvalue weighted by Gasteiger charge is 2.34. The normalized spacial score (nSPS) is 22.1. The monoisotopic (exact) mass is 169 g/mol. The van der Waals surface area contributed by atoms with Crippen LogP contribution in [0.25, 0.3) is 0 Å². The quantitative estimate of drug-likeness (QED) is 0.516. The van der Waals surface area contributed by atoms with E-state index in [-0.39, 0.29) is 0 Å². The van der Waals surface area contributed by atoms with Gasteiger partial charge in [0.1, 0.15) is 0 Å². The Kier molecular flexibility index (Phi) is 2.72. The molecule has 1 rings (SSSR count). The summed E-state index contributed by atoms with van der Waals surface area (Å²) in [4.78, 5) is 0.635. The van der Waals surface area contributed by atoms with Gasteiger partial charge in [0.25, 0.3) is 0 Å². The fourth-order valence-electron chi connectivity index (χ4n) is 1.24. The predicted molar refractivity (Wildman–Crippen MR) is 34.5 cm³/mol. The minimum atomic E-state index is -4.01. The van der Waals surface area contributed by atoms with E-state index in [4.69, 9.17) is 0 Å². The van der Waals surface area contributed by atoms with E-state index >= 15 is 0 Å². The topological polar surface area (TPSA) is 16.5 Å². The second-order valence-electron chi connectivity index (χ2n) is 2.79. The first-order valence-electron chi connectivity index (χ1n) is 3.69. The number of hydrogen-bond acceptors (Lipinski definition) is 1. The fourth-order valence-corrected chi connectivity index (χ4v) is 1.24. The Labute approximate surface area is 63.4 Å². The molecule has 1 aliphatic heterocycles. The van der Waals surface area contributed by atoms with Crippen molar-refractivity contribution in [3.8, 4) is 0 Å². The van der Waals surface area contributed by atoms with E-state index in [0.717, 1.165) is 0 Å². The van der Waals surface area contributed by atoms with Crippen molar-refractivity contribution in [3.63, 3.8) is 0 Å². The van der Waals surface area contributed by atoms with Crippen molar-refractivity contribution < 1.29 is 18.1 Å². The lowest BCUT2D eigenvalue weighted by Crippen LogP contribution is -3.16. The molecule has 0 aromatic rings. The van der Waals surface area contributed by atoms with E-state index < -0.39 is 12.7 Å². The highest BCUT2D eigenvalue weighted by atomic mass is 19.4. The van der Waals surface area contributed by atoms with Gasteiger partial charge in [0.05, 0.1) is 13.1 Å². The second-order valence-corrected chi connectivity index (χ2v) is 2.79. The van der Waals surface area contributed by atoms with Crippen molar-refractivity contribution in [3.05, 3.63) is 0 Å². The van der Waals surface area contributed by atoms with Crippen LogP contribution in [0.15, 0.2) is 0 Å². The lowest BCUT2D eigenvalue weighted by Gasteiger charge is -2.24. The molecule has 2 nitrogen and oxygen atoms in total. The van der Waals surface area contributed by atoms with E-state index in [0.29, 0.717) is 31.1 Å². The predicted octanol–water partition coefficient (Wildman–Crippen LogP) is -0.963. The number of rotatable bonds is 1. The Hall–Kier alpha value is -0.290. The minimum absolute atomic E-state index is 0.583. The van der Waals surface area contributed by atoms with Gasteiger partial charge in [0, 0.05) is 13.1 Å². The van der Waals surface area contributed by atoms with Crippen molar-refractivity contribution in [1.29, 1.82) is 0 Å². The van der Waals surface area contributed by atoms with Gasteiger partial charge in [-0.25, -0.2) is 0 Å². The zero-order valence-electron chi connectivity index (χ0n) is 6.17. The maximum absolute atomic E-state index is 11.8. The summed E-state index contributed by atoms with van der Waals surface area (Å²) in [5.74, 6) is 0. The molecular formula is C6H12F3N2+. The molecule has 0 bridgehead atoms. The molecular weight excluding hydrogens is 157 g/mol. The van der Waals surface area contributed by atoms with Crippen molar-refractivity contribution in [1.82, 2.24) is 5.32 Å². The lowest BCUT2D eigenvalue weighted by atomic mass is 10.3. The van der Waals surface area contributed by atoms with Crippen LogP contribution in [0.4, 0.5) is 13.2 Å². The highest BCUT2D eigenvalue weighted by Crippen LogP contribution is 2.10. The number of nitrogens with one attached hydrogen (secondary N) is 2. The van der Waals surface area contributed by atoms with Crippen LogP contribution in [-0.2, 0) is 0 Å². The first-order chi connectivity index (χ1) is 5.08. The van der Waals surface area contributed by atoms with Gasteiger partial charge >= 0.3 is 6.18 Å². The summed E-state index contributed by atoms with van der Waals surface area (Å²) in [6.07, 6.45) is -4.01. The molecule has 0 aromatic carbocycles. The molecule has 0 radical (unpaired) electrons. The maximum Gasteiger partial charge on any atom is 0.438 e. The number of quaternary nitrogens is 1. The first kappa shape index (κ1) is 8.80. The third-order valence-electron chi connectivity index (χ3n) is 1.76. The Morgan fingerprint density at radius 3 is 2.18 bits per heavy atom. The average Bonchev–Trinajstić information content (AvgIpc) is 1.85. The van der Waals surface area contributed by atoms with Crippen LogP contribution in [0.5, 0.6) is 0 Å². The van der Waals surface area contributed by atoms with Crippen molar-refractivity contribution in [2.24, 2.45) is 0 Å². The molecule has 0 amide bonds. The number of hydrogen-bond donors (Lipinski definition) is 2. The molecule has 1 aliphatic rings. The molecule has 1 heterocycles. The molecule has 1 saturated heterocycles. The molecule has 2 N–H and O–H groups in total. The van der Waals surface area contributed by atoms with E-state index in [2.05, 4.69) is 5.32 Å². The third-order valence-corrected chi connectivity index (χ3v) is 1.76. The molecule has 0 aliphatic carbocycles. The van der Waals surface area contributed by atoms with Crippen LogP contribution in [0.2, 0.25) is 0 Å². The van der Waals surface area contributed by atoms with Crippen molar-refractivity contribution >= 4 is 0 Å². The molecule has 0 atom stereocenters. The Morgan fingerprint density at radius 2 is 1.73 bits per heavy atom. The van der Waals surface area contributed by atoms with Gasteiger partial charge in [-0.15, -0.1) is 0 Å². The summed E-state index contributed by atoms with van der Waals surface area (Å²) < 4.78 is 35.4. The van der Waals surface area contributed by atoms with Gasteiger partial charge in [-0.2, -0.15) is 13.2 Å². The molecule has 11 heavy (non-hydrogen) atoms. The van der Waals surface area contributed by atoms with Crippen LogP contribution < -0.4 is 10.2 Å². The van der Waals surface area contributed by atoms with E-state index in [9.17, 15) is 13.2 Å². The summed E-state index contributed by atoms with van der Waals surface area (Å²) in [5.41, 5.74) is 0. The smallest absolute Gasteiger partial charge is 0.325 e. The van der Waals surface area contributed by atoms with Crippen LogP contribution in [-0.4, -0.2) is 38.9 Å². The summed E-state index contributed by atoms with van der Waals surface area (Å²) in [6, 6.07) is 0. The molecule has 1 fully saturated rings. The van der Waals surface area contributed by atoms with Crippen molar-refractivity contribution in [2.45, 2.75) is 6.18 Å². The number of halogens is 3. The van der Waals surface area contributed by atoms with Gasteiger partial charge in [0.15, 0.2) is 6.54 Å². The fraction of sp³-hybridized carbons (Fsp3) is 1.00.